The molecule has 3 rings (SSSR count). The van der Waals surface area contributed by atoms with Crippen LogP contribution in [-0.4, -0.2) is 30.9 Å². The van der Waals surface area contributed by atoms with Crippen LogP contribution in [0.4, 0.5) is 0 Å². The molecule has 4 nitrogen and oxygen atoms in total. The molecule has 0 aromatic carbocycles. The molecule has 96 valence electrons. The highest BCUT2D eigenvalue weighted by molar-refractivity contribution is 7.89. The van der Waals surface area contributed by atoms with E-state index in [4.69, 9.17) is 0 Å². The second-order valence-electron chi connectivity index (χ2n) is 5.77. The smallest absolute Gasteiger partial charge is 0.237 e. The number of rotatable bonds is 2. The summed E-state index contributed by atoms with van der Waals surface area (Å²) in [5.74, 6) is 1.95. The molecule has 1 saturated heterocycles. The molecule has 3 aliphatic rings. The number of carbonyl (C=O) groups excluding carboxylic acids is 1. The van der Waals surface area contributed by atoms with E-state index < -0.39 is 10.0 Å². The molecule has 0 spiro atoms. The Morgan fingerprint density at radius 3 is 2.59 bits per heavy atom. The van der Waals surface area contributed by atoms with Crippen molar-refractivity contribution < 1.29 is 13.2 Å². The minimum atomic E-state index is -3.26. The van der Waals surface area contributed by atoms with Gasteiger partial charge < -0.3 is 0 Å². The first-order chi connectivity index (χ1) is 8.06. The molecule has 1 amide bonds. The largest absolute Gasteiger partial charge is 0.274 e. The first-order valence-corrected chi connectivity index (χ1v) is 8.20. The molecule has 2 aliphatic carbocycles. The van der Waals surface area contributed by atoms with Crippen LogP contribution in [0.5, 0.6) is 0 Å². The lowest BCUT2D eigenvalue weighted by molar-refractivity contribution is -0.127. The summed E-state index contributed by atoms with van der Waals surface area (Å²) in [6.45, 7) is 0.405. The molecular weight excluding hydrogens is 238 g/mol. The van der Waals surface area contributed by atoms with E-state index in [-0.39, 0.29) is 11.7 Å². The minimum Gasteiger partial charge on any atom is -0.274 e. The second-order valence-corrected chi connectivity index (χ2v) is 7.79. The molecule has 0 N–H and O–H groups in total. The highest BCUT2D eigenvalue weighted by atomic mass is 32.2. The fourth-order valence-electron chi connectivity index (χ4n) is 3.87. The van der Waals surface area contributed by atoms with Crippen molar-refractivity contribution in [1.82, 2.24) is 4.31 Å². The molecule has 0 radical (unpaired) electrons. The van der Waals surface area contributed by atoms with Crippen molar-refractivity contribution in [2.45, 2.75) is 38.5 Å². The molecule has 0 aromatic heterocycles. The third kappa shape index (κ3) is 1.98. The van der Waals surface area contributed by atoms with Crippen LogP contribution in [0.25, 0.3) is 0 Å². The highest BCUT2D eigenvalue weighted by Gasteiger charge is 2.42. The summed E-state index contributed by atoms with van der Waals surface area (Å²) in [4.78, 5) is 12.0. The first kappa shape index (κ1) is 11.5. The molecule has 3 atom stereocenters. The number of fused-ring (bicyclic) bond motifs is 2. The van der Waals surface area contributed by atoms with Crippen molar-refractivity contribution in [3.63, 3.8) is 0 Å². The van der Waals surface area contributed by atoms with Gasteiger partial charge in [0, 0.05) is 13.0 Å². The van der Waals surface area contributed by atoms with E-state index in [9.17, 15) is 13.2 Å². The fraction of sp³-hybridized carbons (Fsp3) is 0.917. The topological polar surface area (TPSA) is 54.5 Å². The van der Waals surface area contributed by atoms with Gasteiger partial charge in [0.15, 0.2) is 0 Å². The molecule has 2 bridgehead atoms. The van der Waals surface area contributed by atoms with E-state index in [2.05, 4.69) is 0 Å². The molecular formula is C12H19NO3S. The fourth-order valence-corrected chi connectivity index (χ4v) is 5.38. The van der Waals surface area contributed by atoms with Crippen molar-refractivity contribution in [2.24, 2.45) is 17.8 Å². The van der Waals surface area contributed by atoms with Gasteiger partial charge in [-0.3, -0.25) is 4.79 Å². The number of hydrogen-bond donors (Lipinski definition) is 0. The Hall–Kier alpha value is -0.580. The van der Waals surface area contributed by atoms with E-state index in [0.29, 0.717) is 31.2 Å². The normalized spacial score (nSPS) is 38.8. The predicted octanol–water partition coefficient (Wildman–Crippen LogP) is 1.37. The maximum atomic E-state index is 12.0. The van der Waals surface area contributed by atoms with Gasteiger partial charge in [0.25, 0.3) is 0 Å². The lowest BCUT2D eigenvalue weighted by Gasteiger charge is -2.23. The third-order valence-corrected chi connectivity index (χ3v) is 6.56. The summed E-state index contributed by atoms with van der Waals surface area (Å²) < 4.78 is 24.4. The Morgan fingerprint density at radius 2 is 2.06 bits per heavy atom. The zero-order chi connectivity index (χ0) is 12.0. The molecule has 17 heavy (non-hydrogen) atoms. The van der Waals surface area contributed by atoms with Crippen molar-refractivity contribution in [3.8, 4) is 0 Å². The zero-order valence-electron chi connectivity index (χ0n) is 9.97. The average molecular weight is 257 g/mol. The summed E-state index contributed by atoms with van der Waals surface area (Å²) in [6.07, 6.45) is 6.03. The second kappa shape index (κ2) is 3.97. The van der Waals surface area contributed by atoms with Gasteiger partial charge in [-0.1, -0.05) is 6.42 Å². The van der Waals surface area contributed by atoms with Gasteiger partial charge in [-0.15, -0.1) is 0 Å². The molecule has 2 saturated carbocycles. The van der Waals surface area contributed by atoms with Crippen LogP contribution in [0.15, 0.2) is 0 Å². The van der Waals surface area contributed by atoms with E-state index >= 15 is 0 Å². The summed E-state index contributed by atoms with van der Waals surface area (Å²) >= 11 is 0. The van der Waals surface area contributed by atoms with Gasteiger partial charge in [0.1, 0.15) is 0 Å². The Morgan fingerprint density at radius 1 is 1.24 bits per heavy atom. The monoisotopic (exact) mass is 257 g/mol. The lowest BCUT2D eigenvalue weighted by atomic mass is 9.86. The van der Waals surface area contributed by atoms with Crippen molar-refractivity contribution >= 4 is 15.9 Å². The SMILES string of the molecule is O=C(CC1CC2CCC1C2)N1CCCS1(=O)=O. The quantitative estimate of drug-likeness (QED) is 0.751. The van der Waals surface area contributed by atoms with Gasteiger partial charge in [-0.2, -0.15) is 0 Å². The standard InChI is InChI=1S/C12H19NO3S/c14-12(13-4-1-5-17(13,15)16)8-11-7-9-2-3-10(11)6-9/h9-11H,1-8H2. The van der Waals surface area contributed by atoms with Crippen LogP contribution in [0.1, 0.15) is 38.5 Å². The molecule has 1 heterocycles. The van der Waals surface area contributed by atoms with Crippen molar-refractivity contribution in [2.75, 3.05) is 12.3 Å². The van der Waals surface area contributed by atoms with E-state index in [0.717, 1.165) is 16.6 Å². The Labute approximate surface area is 102 Å². The number of nitrogens with zero attached hydrogens (tertiary/aromatic N) is 1. The van der Waals surface area contributed by atoms with Crippen LogP contribution in [0.2, 0.25) is 0 Å². The van der Waals surface area contributed by atoms with Crippen molar-refractivity contribution in [1.29, 1.82) is 0 Å². The van der Waals surface area contributed by atoms with Crippen LogP contribution < -0.4 is 0 Å². The first-order valence-electron chi connectivity index (χ1n) is 6.59. The summed E-state index contributed by atoms with van der Waals surface area (Å²) in [5.41, 5.74) is 0. The summed E-state index contributed by atoms with van der Waals surface area (Å²) in [5, 5.41) is 0. The predicted molar refractivity (Wildman–Crippen MR) is 63.7 cm³/mol. The number of sulfonamides is 1. The Balaban J connectivity index is 1.64. The zero-order valence-corrected chi connectivity index (χ0v) is 10.8. The number of carbonyl (C=O) groups is 1. The number of hydrogen-bond acceptors (Lipinski definition) is 3. The lowest BCUT2D eigenvalue weighted by Crippen LogP contribution is -2.34. The van der Waals surface area contributed by atoms with Gasteiger partial charge in [-0.25, -0.2) is 12.7 Å². The molecule has 3 unspecified atom stereocenters. The highest BCUT2D eigenvalue weighted by Crippen LogP contribution is 2.49. The maximum absolute atomic E-state index is 12.0. The average Bonchev–Trinajstić information content (AvgIpc) is 2.91. The van der Waals surface area contributed by atoms with Gasteiger partial charge in [-0.05, 0) is 43.4 Å². The minimum absolute atomic E-state index is 0.148. The Kier molecular flexibility index (Phi) is 2.69. The molecule has 3 fully saturated rings. The van der Waals surface area contributed by atoms with Crippen LogP contribution in [-0.2, 0) is 14.8 Å². The number of amides is 1. The molecule has 0 aromatic rings. The maximum Gasteiger partial charge on any atom is 0.237 e. The van der Waals surface area contributed by atoms with Gasteiger partial charge in [0.05, 0.1) is 5.75 Å². The molecule has 5 heteroatoms. The molecule has 1 aliphatic heterocycles. The Bertz CT molecular complexity index is 431. The van der Waals surface area contributed by atoms with E-state index in [1.54, 1.807) is 0 Å². The van der Waals surface area contributed by atoms with Crippen LogP contribution in [0.3, 0.4) is 0 Å². The van der Waals surface area contributed by atoms with Gasteiger partial charge in [0.2, 0.25) is 15.9 Å². The van der Waals surface area contributed by atoms with E-state index in [1.165, 1.54) is 19.3 Å². The van der Waals surface area contributed by atoms with Gasteiger partial charge >= 0.3 is 0 Å². The van der Waals surface area contributed by atoms with Crippen LogP contribution in [0, 0.1) is 17.8 Å². The van der Waals surface area contributed by atoms with Crippen molar-refractivity contribution in [3.05, 3.63) is 0 Å². The third-order valence-electron chi connectivity index (χ3n) is 4.70. The summed E-state index contributed by atoms with van der Waals surface area (Å²) in [6, 6.07) is 0. The summed E-state index contributed by atoms with van der Waals surface area (Å²) in [7, 11) is -3.26. The van der Waals surface area contributed by atoms with Crippen LogP contribution >= 0.6 is 0 Å². The van der Waals surface area contributed by atoms with E-state index in [1.807, 2.05) is 0 Å².